The Balaban J connectivity index is 3.17. The van der Waals surface area contributed by atoms with Crippen LogP contribution < -0.4 is 4.74 Å². The Labute approximate surface area is 113 Å². The Hall–Kier alpha value is -2.84. The number of azo groups is 1. The van der Waals surface area contributed by atoms with Gasteiger partial charge in [-0.15, -0.1) is 5.11 Å². The summed E-state index contributed by atoms with van der Waals surface area (Å²) < 4.78 is 4.84. The first-order chi connectivity index (χ1) is 9.36. The summed E-state index contributed by atoms with van der Waals surface area (Å²) in [6.45, 7) is 1.04. The van der Waals surface area contributed by atoms with Crippen molar-refractivity contribution in [2.75, 3.05) is 7.11 Å². The summed E-state index contributed by atoms with van der Waals surface area (Å²) in [5.74, 6) is -1.95. The standard InChI is InChI=1S/C11H11N3O6/c1-6(15)10(11(16)17)13-12-8-4-3-7(20-2)5-9(8)14(18)19/h3-5,10H,1-2H3,(H,16,17). The lowest BCUT2D eigenvalue weighted by atomic mass is 10.2. The van der Waals surface area contributed by atoms with Crippen molar-refractivity contribution in [3.8, 4) is 5.75 Å². The van der Waals surface area contributed by atoms with E-state index < -0.39 is 28.4 Å². The molecule has 106 valence electrons. The van der Waals surface area contributed by atoms with E-state index in [1.165, 1.54) is 19.2 Å². The van der Waals surface area contributed by atoms with Crippen molar-refractivity contribution in [3.63, 3.8) is 0 Å². The van der Waals surface area contributed by atoms with Gasteiger partial charge < -0.3 is 9.84 Å². The monoisotopic (exact) mass is 281 g/mol. The highest BCUT2D eigenvalue weighted by Gasteiger charge is 2.23. The number of hydrogen-bond acceptors (Lipinski definition) is 7. The molecule has 0 aliphatic heterocycles. The van der Waals surface area contributed by atoms with Gasteiger partial charge in [0.2, 0.25) is 6.04 Å². The number of nitrogens with zero attached hydrogens (tertiary/aromatic N) is 3. The number of ketones is 1. The van der Waals surface area contributed by atoms with Crippen molar-refractivity contribution in [2.24, 2.45) is 10.2 Å². The van der Waals surface area contributed by atoms with Crippen LogP contribution in [0.25, 0.3) is 0 Å². The smallest absolute Gasteiger partial charge is 0.338 e. The lowest BCUT2D eigenvalue weighted by Gasteiger charge is -2.02. The maximum atomic E-state index is 11.0. The summed E-state index contributed by atoms with van der Waals surface area (Å²) in [4.78, 5) is 31.9. The van der Waals surface area contributed by atoms with Gasteiger partial charge in [-0.2, -0.15) is 5.11 Å². The van der Waals surface area contributed by atoms with E-state index in [1.54, 1.807) is 0 Å². The first kappa shape index (κ1) is 15.2. The first-order valence-electron chi connectivity index (χ1n) is 5.33. The van der Waals surface area contributed by atoms with Crippen LogP contribution in [0, 0.1) is 10.1 Å². The Bertz CT molecular complexity index is 570. The molecule has 1 aromatic carbocycles. The average molecular weight is 281 g/mol. The minimum absolute atomic E-state index is 0.164. The van der Waals surface area contributed by atoms with E-state index >= 15 is 0 Å². The van der Waals surface area contributed by atoms with Gasteiger partial charge in [0.15, 0.2) is 11.5 Å². The Morgan fingerprint density at radius 3 is 2.55 bits per heavy atom. The van der Waals surface area contributed by atoms with Gasteiger partial charge in [-0.1, -0.05) is 0 Å². The van der Waals surface area contributed by atoms with Crippen molar-refractivity contribution in [3.05, 3.63) is 28.3 Å². The predicted molar refractivity (Wildman–Crippen MR) is 66.3 cm³/mol. The molecule has 9 heteroatoms. The fraction of sp³-hybridized carbons (Fsp3) is 0.273. The number of carboxylic acids is 1. The molecule has 1 atom stereocenters. The van der Waals surface area contributed by atoms with Crippen LogP contribution >= 0.6 is 0 Å². The van der Waals surface area contributed by atoms with Gasteiger partial charge in [0.1, 0.15) is 5.75 Å². The number of carboxylic acid groups (broad SMARTS) is 1. The van der Waals surface area contributed by atoms with E-state index in [1.807, 2.05) is 0 Å². The van der Waals surface area contributed by atoms with Crippen LogP contribution in [-0.4, -0.2) is 34.9 Å². The molecule has 1 rings (SSSR count). The fourth-order valence-corrected chi connectivity index (χ4v) is 1.29. The van der Waals surface area contributed by atoms with E-state index in [2.05, 4.69) is 10.2 Å². The van der Waals surface area contributed by atoms with E-state index in [0.29, 0.717) is 0 Å². The largest absolute Gasteiger partial charge is 0.496 e. The van der Waals surface area contributed by atoms with Crippen LogP contribution in [0.2, 0.25) is 0 Å². The topological polar surface area (TPSA) is 131 Å². The van der Waals surface area contributed by atoms with E-state index in [0.717, 1.165) is 13.0 Å². The number of nitro benzene ring substituents is 1. The van der Waals surface area contributed by atoms with Gasteiger partial charge in [-0.25, -0.2) is 4.79 Å². The van der Waals surface area contributed by atoms with Crippen LogP contribution in [0.3, 0.4) is 0 Å². The number of ether oxygens (including phenoxy) is 1. The highest BCUT2D eigenvalue weighted by molar-refractivity contribution is 6.01. The molecule has 0 saturated carbocycles. The van der Waals surface area contributed by atoms with Crippen LogP contribution in [0.5, 0.6) is 5.75 Å². The highest BCUT2D eigenvalue weighted by atomic mass is 16.6. The molecule has 1 N–H and O–H groups in total. The Kier molecular flexibility index (Phi) is 4.84. The fourth-order valence-electron chi connectivity index (χ4n) is 1.29. The number of rotatable bonds is 6. The number of methoxy groups -OCH3 is 1. The van der Waals surface area contributed by atoms with Crippen molar-refractivity contribution < 1.29 is 24.4 Å². The zero-order valence-electron chi connectivity index (χ0n) is 10.6. The van der Waals surface area contributed by atoms with Gasteiger partial charge in [-0.3, -0.25) is 14.9 Å². The predicted octanol–water partition coefficient (Wildman–Crippen LogP) is 1.73. The van der Waals surface area contributed by atoms with E-state index in [4.69, 9.17) is 9.84 Å². The lowest BCUT2D eigenvalue weighted by Crippen LogP contribution is -2.25. The summed E-state index contributed by atoms with van der Waals surface area (Å²) in [6.07, 6.45) is 0. The van der Waals surface area contributed by atoms with Gasteiger partial charge in [0.25, 0.3) is 5.69 Å². The molecule has 0 radical (unpaired) electrons. The number of nitro groups is 1. The quantitative estimate of drug-likeness (QED) is 0.365. The van der Waals surface area contributed by atoms with E-state index in [-0.39, 0.29) is 11.4 Å². The molecule has 20 heavy (non-hydrogen) atoms. The number of Topliss-reactive ketones (excluding diaryl/α,β-unsaturated/α-hetero) is 1. The molecule has 9 nitrogen and oxygen atoms in total. The third-order valence-corrected chi connectivity index (χ3v) is 2.28. The van der Waals surface area contributed by atoms with E-state index in [9.17, 15) is 19.7 Å². The van der Waals surface area contributed by atoms with Crippen molar-refractivity contribution >= 4 is 23.1 Å². The summed E-state index contributed by atoms with van der Waals surface area (Å²) in [5.41, 5.74) is -0.566. The molecule has 0 heterocycles. The number of aliphatic carboxylic acids is 1. The van der Waals surface area contributed by atoms with Gasteiger partial charge in [0.05, 0.1) is 18.1 Å². The molecule has 1 aromatic rings. The number of benzene rings is 1. The molecule has 0 amide bonds. The lowest BCUT2D eigenvalue weighted by molar-refractivity contribution is -0.384. The molecular weight excluding hydrogens is 270 g/mol. The van der Waals surface area contributed by atoms with Crippen molar-refractivity contribution in [1.82, 2.24) is 0 Å². The maximum Gasteiger partial charge on any atom is 0.338 e. The van der Waals surface area contributed by atoms with Crippen LogP contribution in [0.15, 0.2) is 28.4 Å². The number of carbonyl (C=O) groups is 2. The second-order valence-corrected chi connectivity index (χ2v) is 3.68. The SMILES string of the molecule is COc1ccc(N=NC(C(C)=O)C(=O)O)c([N+](=O)[O-])c1. The minimum Gasteiger partial charge on any atom is -0.496 e. The third-order valence-electron chi connectivity index (χ3n) is 2.28. The highest BCUT2D eigenvalue weighted by Crippen LogP contribution is 2.31. The summed E-state index contributed by atoms with van der Waals surface area (Å²) in [7, 11) is 1.34. The van der Waals surface area contributed by atoms with Crippen LogP contribution in [0.4, 0.5) is 11.4 Å². The maximum absolute atomic E-state index is 11.0. The van der Waals surface area contributed by atoms with Gasteiger partial charge in [0, 0.05) is 0 Å². The number of carbonyl (C=O) groups excluding carboxylic acids is 1. The Morgan fingerprint density at radius 2 is 2.10 bits per heavy atom. The second kappa shape index (κ2) is 6.36. The molecule has 1 unspecified atom stereocenters. The minimum atomic E-state index is -1.68. The molecular formula is C11H11N3O6. The molecule has 0 aliphatic rings. The zero-order valence-corrected chi connectivity index (χ0v) is 10.6. The van der Waals surface area contributed by atoms with Crippen LogP contribution in [-0.2, 0) is 9.59 Å². The van der Waals surface area contributed by atoms with Crippen LogP contribution in [0.1, 0.15) is 6.92 Å². The average Bonchev–Trinajstić information content (AvgIpc) is 2.38. The molecule has 0 spiro atoms. The third kappa shape index (κ3) is 3.57. The molecule has 0 aromatic heterocycles. The first-order valence-corrected chi connectivity index (χ1v) is 5.33. The van der Waals surface area contributed by atoms with Gasteiger partial charge in [-0.05, 0) is 19.1 Å². The summed E-state index contributed by atoms with van der Waals surface area (Å²) >= 11 is 0. The number of hydrogen-bond donors (Lipinski definition) is 1. The normalized spacial score (nSPS) is 12.1. The molecule has 0 bridgehead atoms. The summed E-state index contributed by atoms with van der Waals surface area (Å²) in [5, 5.41) is 26.4. The van der Waals surface area contributed by atoms with Crippen molar-refractivity contribution in [2.45, 2.75) is 13.0 Å². The second-order valence-electron chi connectivity index (χ2n) is 3.68. The molecule has 0 fully saturated rings. The van der Waals surface area contributed by atoms with Crippen molar-refractivity contribution in [1.29, 1.82) is 0 Å². The molecule has 0 saturated heterocycles. The Morgan fingerprint density at radius 1 is 1.45 bits per heavy atom. The zero-order chi connectivity index (χ0) is 15.3. The molecule has 0 aliphatic carbocycles. The van der Waals surface area contributed by atoms with Gasteiger partial charge >= 0.3 is 5.97 Å². The summed E-state index contributed by atoms with van der Waals surface area (Å²) in [6, 6.07) is 2.10.